The van der Waals surface area contributed by atoms with Crippen LogP contribution in [0.25, 0.3) is 0 Å². The average molecular weight is 367 g/mol. The standard InChI is InChI=1S/C19H25N7O/c1-14-3-5-19(6-4-14)15(13-20)16(27)23-18(24-19)26-11-9-25(10-12-26)17-21-7-2-8-22-17/h2,7-8,14-15H,3-6,9-12H2,1H3,(H,23,24,27)/t14?,15-,19?/m1/s1. The summed E-state index contributed by atoms with van der Waals surface area (Å²) in [7, 11) is 0. The molecular weight excluding hydrogens is 342 g/mol. The highest BCUT2D eigenvalue weighted by Crippen LogP contribution is 2.41. The van der Waals surface area contributed by atoms with Gasteiger partial charge in [-0.3, -0.25) is 10.1 Å². The van der Waals surface area contributed by atoms with Crippen LogP contribution >= 0.6 is 0 Å². The molecule has 2 aliphatic heterocycles. The summed E-state index contributed by atoms with van der Waals surface area (Å²) in [5.41, 5.74) is -0.557. The molecule has 8 heteroatoms. The van der Waals surface area contributed by atoms with Crippen LogP contribution in [0.4, 0.5) is 5.95 Å². The second-order valence-electron chi connectivity index (χ2n) is 7.80. The lowest BCUT2D eigenvalue weighted by Gasteiger charge is -2.44. The van der Waals surface area contributed by atoms with E-state index >= 15 is 0 Å². The Hall–Kier alpha value is -2.69. The number of aromatic nitrogens is 2. The molecule has 1 saturated carbocycles. The number of amides is 1. The minimum Gasteiger partial charge on any atom is -0.339 e. The number of guanidine groups is 1. The van der Waals surface area contributed by atoms with Gasteiger partial charge in [0.25, 0.3) is 0 Å². The van der Waals surface area contributed by atoms with Gasteiger partial charge in [0.1, 0.15) is 0 Å². The van der Waals surface area contributed by atoms with Crippen LogP contribution < -0.4 is 10.2 Å². The summed E-state index contributed by atoms with van der Waals surface area (Å²) >= 11 is 0. The third-order valence-corrected chi connectivity index (χ3v) is 6.05. The third-order valence-electron chi connectivity index (χ3n) is 6.05. The fourth-order valence-electron chi connectivity index (χ4n) is 4.29. The van der Waals surface area contributed by atoms with Crippen LogP contribution in [0.15, 0.2) is 23.5 Å². The molecule has 1 aliphatic carbocycles. The fourth-order valence-corrected chi connectivity index (χ4v) is 4.29. The number of carbonyl (C=O) groups is 1. The Balaban J connectivity index is 1.51. The zero-order valence-electron chi connectivity index (χ0n) is 15.6. The summed E-state index contributed by atoms with van der Waals surface area (Å²) in [6, 6.07) is 4.03. The van der Waals surface area contributed by atoms with Gasteiger partial charge in [-0.15, -0.1) is 0 Å². The van der Waals surface area contributed by atoms with Gasteiger partial charge >= 0.3 is 0 Å². The van der Waals surface area contributed by atoms with Gasteiger partial charge in [-0.05, 0) is 37.7 Å². The topological polar surface area (TPSA) is 97.5 Å². The number of nitriles is 1. The van der Waals surface area contributed by atoms with Crippen molar-refractivity contribution >= 4 is 17.8 Å². The molecule has 0 aromatic carbocycles. The average Bonchev–Trinajstić information content (AvgIpc) is 2.71. The minimum absolute atomic E-state index is 0.203. The summed E-state index contributed by atoms with van der Waals surface area (Å²) in [6.07, 6.45) is 7.14. The second kappa shape index (κ2) is 7.14. The monoisotopic (exact) mass is 367 g/mol. The quantitative estimate of drug-likeness (QED) is 0.800. The number of hydrogen-bond donors (Lipinski definition) is 1. The summed E-state index contributed by atoms with van der Waals surface area (Å²) < 4.78 is 0. The van der Waals surface area contributed by atoms with Gasteiger partial charge in [-0.1, -0.05) is 6.92 Å². The van der Waals surface area contributed by atoms with Crippen molar-refractivity contribution in [1.82, 2.24) is 20.2 Å². The van der Waals surface area contributed by atoms with Crippen molar-refractivity contribution in [2.24, 2.45) is 16.8 Å². The number of nitrogens with zero attached hydrogens (tertiary/aromatic N) is 6. The smallest absolute Gasteiger partial charge is 0.246 e. The molecule has 8 nitrogen and oxygen atoms in total. The minimum atomic E-state index is -0.687. The lowest BCUT2D eigenvalue weighted by atomic mass is 9.70. The van der Waals surface area contributed by atoms with Gasteiger partial charge in [0, 0.05) is 38.6 Å². The summed E-state index contributed by atoms with van der Waals surface area (Å²) in [5.74, 6) is 1.11. The summed E-state index contributed by atoms with van der Waals surface area (Å²) in [4.78, 5) is 30.5. The van der Waals surface area contributed by atoms with Gasteiger partial charge in [-0.2, -0.15) is 5.26 Å². The number of rotatable bonds is 1. The van der Waals surface area contributed by atoms with E-state index in [0.717, 1.165) is 57.8 Å². The molecule has 1 atom stereocenters. The molecule has 3 aliphatic rings. The van der Waals surface area contributed by atoms with E-state index in [2.05, 4.69) is 38.1 Å². The maximum atomic E-state index is 12.6. The summed E-state index contributed by atoms with van der Waals surface area (Å²) in [6.45, 7) is 5.24. The van der Waals surface area contributed by atoms with Crippen molar-refractivity contribution < 1.29 is 4.79 Å². The van der Waals surface area contributed by atoms with Gasteiger partial charge in [0.2, 0.25) is 17.8 Å². The van der Waals surface area contributed by atoms with Gasteiger partial charge < -0.3 is 9.80 Å². The zero-order valence-corrected chi connectivity index (χ0v) is 15.6. The van der Waals surface area contributed by atoms with Crippen LogP contribution in [0.1, 0.15) is 32.6 Å². The van der Waals surface area contributed by atoms with Crippen LogP contribution in [0, 0.1) is 23.2 Å². The molecule has 1 aromatic heterocycles. The molecule has 1 amide bonds. The van der Waals surface area contributed by atoms with E-state index in [9.17, 15) is 10.1 Å². The molecule has 0 bridgehead atoms. The highest BCUT2D eigenvalue weighted by Gasteiger charge is 2.49. The van der Waals surface area contributed by atoms with Crippen LogP contribution in [0.3, 0.4) is 0 Å². The Morgan fingerprint density at radius 3 is 2.41 bits per heavy atom. The predicted octanol–water partition coefficient (Wildman–Crippen LogP) is 1.17. The fraction of sp³-hybridized carbons (Fsp3) is 0.632. The first-order chi connectivity index (χ1) is 13.1. The maximum Gasteiger partial charge on any atom is 0.246 e. The largest absolute Gasteiger partial charge is 0.339 e. The van der Waals surface area contributed by atoms with Gasteiger partial charge in [-0.25, -0.2) is 15.0 Å². The number of carbonyl (C=O) groups excluding carboxylic acids is 1. The highest BCUT2D eigenvalue weighted by molar-refractivity contribution is 6.02. The highest BCUT2D eigenvalue weighted by atomic mass is 16.2. The van der Waals surface area contributed by atoms with E-state index in [-0.39, 0.29) is 5.91 Å². The van der Waals surface area contributed by atoms with Crippen LogP contribution in [0.5, 0.6) is 0 Å². The van der Waals surface area contributed by atoms with E-state index in [1.165, 1.54) is 0 Å². The molecule has 1 aromatic rings. The van der Waals surface area contributed by atoms with E-state index in [4.69, 9.17) is 4.99 Å². The lowest BCUT2D eigenvalue weighted by Crippen LogP contribution is -2.61. The molecule has 0 radical (unpaired) electrons. The zero-order chi connectivity index (χ0) is 18.9. The first kappa shape index (κ1) is 17.7. The number of aliphatic imine (C=N–C) groups is 1. The van der Waals surface area contributed by atoms with Crippen molar-refractivity contribution in [3.05, 3.63) is 18.5 Å². The Morgan fingerprint density at radius 1 is 1.15 bits per heavy atom. The number of anilines is 1. The molecule has 1 saturated heterocycles. The van der Waals surface area contributed by atoms with Crippen molar-refractivity contribution in [3.63, 3.8) is 0 Å². The molecule has 4 rings (SSSR count). The van der Waals surface area contributed by atoms with Crippen molar-refractivity contribution in [2.45, 2.75) is 38.1 Å². The molecule has 142 valence electrons. The van der Waals surface area contributed by atoms with Crippen molar-refractivity contribution in [3.8, 4) is 6.07 Å². The van der Waals surface area contributed by atoms with Crippen LogP contribution in [-0.2, 0) is 4.79 Å². The van der Waals surface area contributed by atoms with Gasteiger partial charge in [0.15, 0.2) is 5.92 Å². The molecule has 3 heterocycles. The molecule has 27 heavy (non-hydrogen) atoms. The SMILES string of the molecule is CC1CCC2(CC1)N=C(N1CCN(c3ncccn3)CC1)NC(=O)[C@H]2C#N. The van der Waals surface area contributed by atoms with E-state index in [1.807, 2.05) is 6.07 Å². The third kappa shape index (κ3) is 3.34. The van der Waals surface area contributed by atoms with E-state index in [0.29, 0.717) is 11.9 Å². The predicted molar refractivity (Wildman–Crippen MR) is 101 cm³/mol. The van der Waals surface area contributed by atoms with Crippen molar-refractivity contribution in [2.75, 3.05) is 31.1 Å². The van der Waals surface area contributed by atoms with E-state index < -0.39 is 11.5 Å². The number of hydrogen-bond acceptors (Lipinski definition) is 7. The number of nitrogens with one attached hydrogen (secondary N) is 1. The Kier molecular flexibility index (Phi) is 4.68. The first-order valence-corrected chi connectivity index (χ1v) is 9.68. The molecule has 1 spiro atoms. The number of piperazine rings is 1. The normalized spacial score (nSPS) is 31.3. The maximum absolute atomic E-state index is 12.6. The second-order valence-corrected chi connectivity index (χ2v) is 7.80. The Morgan fingerprint density at radius 2 is 1.78 bits per heavy atom. The Labute approximate surface area is 159 Å². The lowest BCUT2D eigenvalue weighted by molar-refractivity contribution is -0.125. The molecule has 0 unspecified atom stereocenters. The molecule has 2 fully saturated rings. The van der Waals surface area contributed by atoms with Crippen molar-refractivity contribution in [1.29, 1.82) is 5.26 Å². The van der Waals surface area contributed by atoms with Gasteiger partial charge in [0.05, 0.1) is 11.6 Å². The van der Waals surface area contributed by atoms with Crippen LogP contribution in [-0.4, -0.2) is 58.5 Å². The first-order valence-electron chi connectivity index (χ1n) is 9.68. The van der Waals surface area contributed by atoms with Crippen LogP contribution in [0.2, 0.25) is 0 Å². The summed E-state index contributed by atoms with van der Waals surface area (Å²) in [5, 5.41) is 12.5. The Bertz CT molecular complexity index is 756. The molecular formula is C19H25N7O. The van der Waals surface area contributed by atoms with E-state index in [1.54, 1.807) is 12.4 Å². The molecule has 1 N–H and O–H groups in total.